The Labute approximate surface area is 116 Å². The molecule has 0 atom stereocenters. The molecule has 0 bridgehead atoms. The number of nitrogens with one attached hydrogen (secondary N) is 1. The maximum Gasteiger partial charge on any atom is 0.158 e. The third-order valence-corrected chi connectivity index (χ3v) is 3.07. The largest absolute Gasteiger partial charge is 0.385 e. The van der Waals surface area contributed by atoms with Crippen molar-refractivity contribution in [1.29, 1.82) is 5.26 Å². The second-order valence-electron chi connectivity index (χ2n) is 4.38. The maximum atomic E-state index is 8.86. The van der Waals surface area contributed by atoms with Crippen molar-refractivity contribution in [3.63, 3.8) is 0 Å². The molecule has 0 radical (unpaired) electrons. The van der Waals surface area contributed by atoms with Crippen LogP contribution in [-0.4, -0.2) is 21.1 Å². The Morgan fingerprint density at radius 1 is 1.25 bits per heavy atom. The van der Waals surface area contributed by atoms with E-state index in [0.717, 1.165) is 29.1 Å². The molecule has 0 fully saturated rings. The summed E-state index contributed by atoms with van der Waals surface area (Å²) in [5.41, 5.74) is 4.39. The van der Waals surface area contributed by atoms with Crippen LogP contribution in [0.4, 0.5) is 5.69 Å². The van der Waals surface area contributed by atoms with Crippen molar-refractivity contribution in [2.75, 3.05) is 11.9 Å². The van der Waals surface area contributed by atoms with Gasteiger partial charge in [0.05, 0.1) is 17.3 Å². The number of hydrogen-bond donors (Lipinski definition) is 1. The molecule has 0 saturated carbocycles. The first kappa shape index (κ1) is 12.2. The highest BCUT2D eigenvalue weighted by molar-refractivity contribution is 5.70. The zero-order valence-electron chi connectivity index (χ0n) is 11.0. The molecule has 0 aliphatic rings. The van der Waals surface area contributed by atoms with Crippen LogP contribution in [0.5, 0.6) is 0 Å². The Morgan fingerprint density at radius 2 is 2.05 bits per heavy atom. The maximum absolute atomic E-state index is 8.86. The number of rotatable bonds is 3. The fourth-order valence-electron chi connectivity index (χ4n) is 2.15. The van der Waals surface area contributed by atoms with Gasteiger partial charge >= 0.3 is 0 Å². The molecule has 0 aliphatic carbocycles. The van der Waals surface area contributed by atoms with E-state index in [4.69, 9.17) is 5.26 Å². The zero-order chi connectivity index (χ0) is 13.9. The van der Waals surface area contributed by atoms with Gasteiger partial charge in [0.1, 0.15) is 6.33 Å². The number of anilines is 1. The molecule has 2 heterocycles. The number of pyridine rings is 1. The summed E-state index contributed by atoms with van der Waals surface area (Å²) in [5, 5.41) is 16.4. The fourth-order valence-corrected chi connectivity index (χ4v) is 2.15. The second-order valence-corrected chi connectivity index (χ2v) is 4.38. The minimum Gasteiger partial charge on any atom is -0.385 e. The summed E-state index contributed by atoms with van der Waals surface area (Å²) in [5.74, 6) is 0. The van der Waals surface area contributed by atoms with Crippen LogP contribution in [0.15, 0.2) is 42.7 Å². The highest BCUT2D eigenvalue weighted by Crippen LogP contribution is 2.24. The zero-order valence-corrected chi connectivity index (χ0v) is 11.0. The van der Waals surface area contributed by atoms with Crippen LogP contribution >= 0.6 is 0 Å². The van der Waals surface area contributed by atoms with Gasteiger partial charge in [0.25, 0.3) is 0 Å². The Hall–Kier alpha value is -2.87. The minimum absolute atomic E-state index is 0.645. The summed E-state index contributed by atoms with van der Waals surface area (Å²) in [6.45, 7) is 2.90. The number of nitriles is 1. The average molecular weight is 263 g/mol. The number of nitrogens with zero attached hydrogens (tertiary/aromatic N) is 4. The van der Waals surface area contributed by atoms with E-state index in [2.05, 4.69) is 28.4 Å². The van der Waals surface area contributed by atoms with Crippen molar-refractivity contribution in [2.45, 2.75) is 6.92 Å². The van der Waals surface area contributed by atoms with Crippen molar-refractivity contribution in [3.8, 4) is 17.3 Å². The van der Waals surface area contributed by atoms with Crippen LogP contribution in [-0.2, 0) is 0 Å². The lowest BCUT2D eigenvalue weighted by Gasteiger charge is -2.09. The second kappa shape index (κ2) is 5.02. The van der Waals surface area contributed by atoms with Gasteiger partial charge in [0.15, 0.2) is 5.65 Å². The molecule has 0 aliphatic heterocycles. The quantitative estimate of drug-likeness (QED) is 0.789. The molecule has 1 aromatic carbocycles. The Balaban J connectivity index is 2.17. The van der Waals surface area contributed by atoms with Crippen LogP contribution in [0.1, 0.15) is 12.5 Å². The summed E-state index contributed by atoms with van der Waals surface area (Å²) in [7, 11) is 0. The van der Waals surface area contributed by atoms with E-state index in [1.54, 1.807) is 16.6 Å². The predicted octanol–water partition coefficient (Wildman–Crippen LogP) is 2.70. The van der Waals surface area contributed by atoms with Gasteiger partial charge in [-0.2, -0.15) is 10.4 Å². The molecular formula is C15H13N5. The van der Waals surface area contributed by atoms with Gasteiger partial charge in [-0.3, -0.25) is 0 Å². The van der Waals surface area contributed by atoms with E-state index in [-0.39, 0.29) is 0 Å². The first-order valence-corrected chi connectivity index (χ1v) is 6.40. The molecule has 20 heavy (non-hydrogen) atoms. The van der Waals surface area contributed by atoms with Crippen molar-refractivity contribution in [3.05, 3.63) is 48.3 Å². The standard InChI is InChI=1S/C15H13N5/c1-2-17-13-7-14(20-15(8-13)18-10-19-20)12-5-3-11(9-16)4-6-12/h3-8,10,17H,2H2,1H3. The van der Waals surface area contributed by atoms with Crippen molar-refractivity contribution in [2.24, 2.45) is 0 Å². The molecule has 2 aromatic heterocycles. The minimum atomic E-state index is 0.645. The number of fused-ring (bicyclic) bond motifs is 1. The summed E-state index contributed by atoms with van der Waals surface area (Å²) in [4.78, 5) is 4.24. The lowest BCUT2D eigenvalue weighted by molar-refractivity contribution is 0.969. The number of aromatic nitrogens is 3. The summed E-state index contributed by atoms with van der Waals surface area (Å²) in [6.07, 6.45) is 1.54. The van der Waals surface area contributed by atoms with E-state index < -0.39 is 0 Å². The van der Waals surface area contributed by atoms with Crippen LogP contribution in [0.25, 0.3) is 16.9 Å². The van der Waals surface area contributed by atoms with E-state index in [9.17, 15) is 0 Å². The molecule has 1 N–H and O–H groups in total. The summed E-state index contributed by atoms with van der Waals surface area (Å²) < 4.78 is 1.79. The molecule has 5 heteroatoms. The predicted molar refractivity (Wildman–Crippen MR) is 77.3 cm³/mol. The van der Waals surface area contributed by atoms with E-state index in [1.165, 1.54) is 6.33 Å². The molecule has 3 rings (SSSR count). The van der Waals surface area contributed by atoms with Crippen LogP contribution in [0.3, 0.4) is 0 Å². The molecule has 0 spiro atoms. The molecule has 0 unspecified atom stereocenters. The molecule has 5 nitrogen and oxygen atoms in total. The summed E-state index contributed by atoms with van der Waals surface area (Å²) >= 11 is 0. The molecule has 0 amide bonds. The first-order chi connectivity index (χ1) is 9.81. The Bertz CT molecular complexity index is 780. The van der Waals surface area contributed by atoms with E-state index in [0.29, 0.717) is 5.56 Å². The first-order valence-electron chi connectivity index (χ1n) is 6.40. The molecular weight excluding hydrogens is 250 g/mol. The topological polar surface area (TPSA) is 66.0 Å². The lowest BCUT2D eigenvalue weighted by Crippen LogP contribution is -2.00. The molecule has 0 saturated heterocycles. The molecule has 98 valence electrons. The van der Waals surface area contributed by atoms with Gasteiger partial charge in [-0.05, 0) is 25.1 Å². The number of hydrogen-bond acceptors (Lipinski definition) is 4. The smallest absolute Gasteiger partial charge is 0.158 e. The average Bonchev–Trinajstić information content (AvgIpc) is 2.95. The SMILES string of the molecule is CCNc1cc(-c2ccc(C#N)cc2)n2ncnc2c1. The van der Waals surface area contributed by atoms with Gasteiger partial charge in [0, 0.05) is 23.9 Å². The lowest BCUT2D eigenvalue weighted by atomic mass is 10.1. The van der Waals surface area contributed by atoms with Crippen LogP contribution in [0.2, 0.25) is 0 Å². The van der Waals surface area contributed by atoms with Gasteiger partial charge in [-0.1, -0.05) is 12.1 Å². The van der Waals surface area contributed by atoms with Gasteiger partial charge in [-0.15, -0.1) is 0 Å². The Kier molecular flexibility index (Phi) is 3.05. The highest BCUT2D eigenvalue weighted by Gasteiger charge is 2.08. The van der Waals surface area contributed by atoms with Crippen molar-refractivity contribution < 1.29 is 0 Å². The third kappa shape index (κ3) is 2.08. The molecule has 3 aromatic rings. The summed E-state index contributed by atoms with van der Waals surface area (Å²) in [6, 6.07) is 13.6. The monoisotopic (exact) mass is 263 g/mol. The highest BCUT2D eigenvalue weighted by atomic mass is 15.3. The third-order valence-electron chi connectivity index (χ3n) is 3.07. The van der Waals surface area contributed by atoms with Crippen molar-refractivity contribution >= 4 is 11.3 Å². The normalized spacial score (nSPS) is 10.4. The van der Waals surface area contributed by atoms with Gasteiger partial charge in [-0.25, -0.2) is 9.50 Å². The van der Waals surface area contributed by atoms with E-state index in [1.807, 2.05) is 24.3 Å². The van der Waals surface area contributed by atoms with Crippen molar-refractivity contribution in [1.82, 2.24) is 14.6 Å². The van der Waals surface area contributed by atoms with Gasteiger partial charge in [0.2, 0.25) is 0 Å². The van der Waals surface area contributed by atoms with Crippen LogP contribution in [0, 0.1) is 11.3 Å². The Morgan fingerprint density at radius 3 is 2.75 bits per heavy atom. The fraction of sp³-hybridized carbons (Fsp3) is 0.133. The van der Waals surface area contributed by atoms with Gasteiger partial charge < -0.3 is 5.32 Å². The van der Waals surface area contributed by atoms with E-state index >= 15 is 0 Å². The number of benzene rings is 1. The van der Waals surface area contributed by atoms with Crippen LogP contribution < -0.4 is 5.32 Å².